The molecule has 19 heteroatoms. The highest BCUT2D eigenvalue weighted by Crippen LogP contribution is 2.10. The molecule has 0 rings (SSSR count). The summed E-state index contributed by atoms with van der Waals surface area (Å²) in [5.74, 6) is -6.93. The molecule has 250 valence electrons. The molecule has 0 aromatic rings. The molecule has 44 heavy (non-hydrogen) atoms. The van der Waals surface area contributed by atoms with Crippen LogP contribution < -0.4 is 49.5 Å². The predicted octanol–water partition coefficient (Wildman–Crippen LogP) is -5.17. The number of carbonyl (C=O) groups is 7. The molecule has 0 saturated heterocycles. The largest absolute Gasteiger partial charge is 0.480 e. The predicted molar refractivity (Wildman–Crippen MR) is 157 cm³/mol. The number of carboxylic acid groups (broad SMARTS) is 1. The van der Waals surface area contributed by atoms with E-state index < -0.39 is 96.6 Å². The van der Waals surface area contributed by atoms with Gasteiger partial charge in [-0.1, -0.05) is 20.3 Å². The maximum Gasteiger partial charge on any atom is 0.328 e. The van der Waals surface area contributed by atoms with Crippen LogP contribution in [0.25, 0.3) is 0 Å². The number of hydrogen-bond donors (Lipinski definition) is 11. The quantitative estimate of drug-likeness (QED) is 0.0342. The summed E-state index contributed by atoms with van der Waals surface area (Å²) in [7, 11) is 0. The summed E-state index contributed by atoms with van der Waals surface area (Å²) < 4.78 is 0. The van der Waals surface area contributed by atoms with Gasteiger partial charge in [0.1, 0.15) is 30.2 Å². The SMILES string of the molecule is CC[C@H](C)[C@H](NC(=O)[C@H](C)NC(=O)[C@H](C)NC(=O)[C@@H](N)CC(N)=O)C(=O)N[C@@H](CCCN=C(N)N)C(=O)N[C@@H](CO)C(=O)O. The first-order valence-corrected chi connectivity index (χ1v) is 13.9. The second-order valence-electron chi connectivity index (χ2n) is 10.2. The van der Waals surface area contributed by atoms with Crippen LogP contribution in [0.4, 0.5) is 0 Å². The third-order valence-electron chi connectivity index (χ3n) is 6.43. The molecule has 15 N–H and O–H groups in total. The molecule has 19 nitrogen and oxygen atoms in total. The lowest BCUT2D eigenvalue weighted by Gasteiger charge is -2.28. The van der Waals surface area contributed by atoms with E-state index in [0.717, 1.165) is 0 Å². The Morgan fingerprint density at radius 3 is 1.75 bits per heavy atom. The molecule has 0 radical (unpaired) electrons. The number of nitrogens with one attached hydrogen (secondary N) is 5. The van der Waals surface area contributed by atoms with Crippen molar-refractivity contribution in [1.82, 2.24) is 26.6 Å². The summed E-state index contributed by atoms with van der Waals surface area (Å²) in [5.41, 5.74) is 21.2. The lowest BCUT2D eigenvalue weighted by Crippen LogP contribution is -2.60. The number of primary amides is 1. The number of rotatable bonds is 20. The van der Waals surface area contributed by atoms with E-state index in [1.807, 2.05) is 0 Å². The summed E-state index contributed by atoms with van der Waals surface area (Å²) in [6.07, 6.45) is 0.171. The van der Waals surface area contributed by atoms with Gasteiger partial charge in [0.25, 0.3) is 0 Å². The second-order valence-corrected chi connectivity index (χ2v) is 10.2. The Labute approximate surface area is 254 Å². The Bertz CT molecular complexity index is 1070. The van der Waals surface area contributed by atoms with Crippen LogP contribution in [0, 0.1) is 5.92 Å². The van der Waals surface area contributed by atoms with Gasteiger partial charge in [-0.25, -0.2) is 4.79 Å². The van der Waals surface area contributed by atoms with Crippen molar-refractivity contribution >= 4 is 47.4 Å². The maximum atomic E-state index is 13.3. The minimum Gasteiger partial charge on any atom is -0.480 e. The van der Waals surface area contributed by atoms with Crippen molar-refractivity contribution in [2.45, 2.75) is 89.6 Å². The van der Waals surface area contributed by atoms with Crippen LogP contribution in [0.1, 0.15) is 53.4 Å². The number of aliphatic imine (C=N–C) groups is 1. The average Bonchev–Trinajstić information content (AvgIpc) is 2.94. The van der Waals surface area contributed by atoms with Crippen molar-refractivity contribution in [3.8, 4) is 0 Å². The van der Waals surface area contributed by atoms with Gasteiger partial charge in [0.05, 0.1) is 19.1 Å². The molecule has 0 heterocycles. The third kappa shape index (κ3) is 14.6. The number of aliphatic hydroxyl groups is 1. The summed E-state index contributed by atoms with van der Waals surface area (Å²) in [4.78, 5) is 89.8. The topological polar surface area (TPSA) is 337 Å². The average molecular weight is 631 g/mol. The normalized spacial score (nSPS) is 15.5. The summed E-state index contributed by atoms with van der Waals surface area (Å²) in [6.45, 7) is 5.30. The monoisotopic (exact) mass is 630 g/mol. The van der Waals surface area contributed by atoms with Gasteiger partial charge >= 0.3 is 5.97 Å². The number of hydrogen-bond acceptors (Lipinski definition) is 10. The Balaban J connectivity index is 5.60. The molecule has 0 aliphatic rings. The maximum absolute atomic E-state index is 13.3. The van der Waals surface area contributed by atoms with E-state index >= 15 is 0 Å². The lowest BCUT2D eigenvalue weighted by atomic mass is 9.97. The molecular formula is C25H46N10O9. The minimum absolute atomic E-state index is 0.0214. The van der Waals surface area contributed by atoms with Crippen LogP contribution in [-0.2, 0) is 33.6 Å². The van der Waals surface area contributed by atoms with Gasteiger partial charge < -0.3 is 59.7 Å². The Morgan fingerprint density at radius 2 is 1.27 bits per heavy atom. The van der Waals surface area contributed by atoms with Gasteiger partial charge in [-0.15, -0.1) is 0 Å². The van der Waals surface area contributed by atoms with Crippen molar-refractivity contribution in [3.05, 3.63) is 0 Å². The first-order chi connectivity index (χ1) is 20.4. The van der Waals surface area contributed by atoms with Gasteiger partial charge in [-0.2, -0.15) is 0 Å². The highest BCUT2D eigenvalue weighted by molar-refractivity contribution is 5.96. The number of nitrogens with zero attached hydrogens (tertiary/aromatic N) is 1. The van der Waals surface area contributed by atoms with Gasteiger partial charge in [-0.3, -0.25) is 33.8 Å². The molecule has 0 bridgehead atoms. The van der Waals surface area contributed by atoms with Crippen molar-refractivity contribution in [3.63, 3.8) is 0 Å². The molecule has 0 unspecified atom stereocenters. The standard InChI is InChI=1S/C25H46N10O9/c1-5-11(2)18(35-20(39)13(4)31-19(38)12(3)32-21(40)14(26)9-17(27)37)23(42)33-15(7-6-8-30-25(28)29)22(41)34-16(10-36)24(43)44/h11-16,18,36H,5-10,26H2,1-4H3,(H2,27,37)(H,31,38)(H,32,40)(H,33,42)(H,34,41)(H,35,39)(H,43,44)(H4,28,29,30)/t11-,12-,13-,14-,15-,16-,18-/m0/s1. The van der Waals surface area contributed by atoms with Crippen LogP contribution in [0.15, 0.2) is 4.99 Å². The molecule has 6 amide bonds. The Morgan fingerprint density at radius 1 is 0.750 bits per heavy atom. The highest BCUT2D eigenvalue weighted by Gasteiger charge is 2.33. The van der Waals surface area contributed by atoms with Crippen LogP contribution >= 0.6 is 0 Å². The molecule has 0 spiro atoms. The number of guanidine groups is 1. The summed E-state index contributed by atoms with van der Waals surface area (Å²) >= 11 is 0. The summed E-state index contributed by atoms with van der Waals surface area (Å²) in [6, 6.07) is -7.68. The fourth-order valence-electron chi connectivity index (χ4n) is 3.57. The minimum atomic E-state index is -1.62. The van der Waals surface area contributed by atoms with E-state index in [-0.39, 0.29) is 25.3 Å². The molecule has 7 atom stereocenters. The third-order valence-corrected chi connectivity index (χ3v) is 6.43. The fourth-order valence-corrected chi connectivity index (χ4v) is 3.57. The zero-order chi connectivity index (χ0) is 34.1. The lowest BCUT2D eigenvalue weighted by molar-refractivity contribution is -0.143. The van der Waals surface area contributed by atoms with E-state index in [0.29, 0.717) is 6.42 Å². The number of nitrogens with two attached hydrogens (primary N) is 4. The van der Waals surface area contributed by atoms with Gasteiger partial charge in [0.2, 0.25) is 35.4 Å². The van der Waals surface area contributed by atoms with Crippen LogP contribution in [0.2, 0.25) is 0 Å². The Hall–Kier alpha value is -4.52. The van der Waals surface area contributed by atoms with E-state index in [1.165, 1.54) is 13.8 Å². The first kappa shape index (κ1) is 39.5. The molecule has 0 aliphatic heterocycles. The zero-order valence-electron chi connectivity index (χ0n) is 25.3. The van der Waals surface area contributed by atoms with Gasteiger partial charge in [0.15, 0.2) is 5.96 Å². The molecule has 0 aromatic heterocycles. The first-order valence-electron chi connectivity index (χ1n) is 13.9. The molecule has 0 aromatic carbocycles. The zero-order valence-corrected chi connectivity index (χ0v) is 25.3. The number of aliphatic carboxylic acids is 1. The van der Waals surface area contributed by atoms with E-state index in [1.54, 1.807) is 13.8 Å². The van der Waals surface area contributed by atoms with E-state index in [9.17, 15) is 43.8 Å². The van der Waals surface area contributed by atoms with Crippen molar-refractivity contribution in [2.75, 3.05) is 13.2 Å². The highest BCUT2D eigenvalue weighted by atomic mass is 16.4. The Kier molecular flexibility index (Phi) is 17.6. The fraction of sp³-hybridized carbons (Fsp3) is 0.680. The second kappa shape index (κ2) is 19.6. The van der Waals surface area contributed by atoms with E-state index in [4.69, 9.17) is 22.9 Å². The number of carboxylic acids is 1. The molecule has 0 saturated carbocycles. The number of carbonyl (C=O) groups excluding carboxylic acids is 6. The van der Waals surface area contributed by atoms with Crippen LogP contribution in [-0.4, -0.2) is 107 Å². The number of amides is 6. The van der Waals surface area contributed by atoms with Crippen LogP contribution in [0.3, 0.4) is 0 Å². The van der Waals surface area contributed by atoms with Crippen molar-refractivity contribution in [2.24, 2.45) is 33.8 Å². The molecule has 0 fully saturated rings. The number of aliphatic hydroxyl groups excluding tert-OH is 1. The van der Waals surface area contributed by atoms with Gasteiger partial charge in [0, 0.05) is 6.54 Å². The smallest absolute Gasteiger partial charge is 0.328 e. The summed E-state index contributed by atoms with van der Waals surface area (Å²) in [5, 5.41) is 30.3. The van der Waals surface area contributed by atoms with Gasteiger partial charge in [-0.05, 0) is 32.6 Å². The van der Waals surface area contributed by atoms with E-state index in [2.05, 4.69) is 31.6 Å². The van der Waals surface area contributed by atoms with Crippen molar-refractivity contribution < 1.29 is 43.8 Å². The van der Waals surface area contributed by atoms with Crippen LogP contribution in [0.5, 0.6) is 0 Å². The van der Waals surface area contributed by atoms with Crippen molar-refractivity contribution in [1.29, 1.82) is 0 Å². The molecular weight excluding hydrogens is 584 g/mol. The molecule has 0 aliphatic carbocycles.